The Morgan fingerprint density at radius 3 is 2.04 bits per heavy atom. The van der Waals surface area contributed by atoms with Crippen LogP contribution in [-0.4, -0.2) is 62.3 Å². The first-order valence-corrected chi connectivity index (χ1v) is 11.2. The van der Waals surface area contributed by atoms with Gasteiger partial charge in [0.25, 0.3) is 0 Å². The molecule has 1 N–H and O–H groups in total. The molecule has 1 saturated carbocycles. The van der Waals surface area contributed by atoms with Crippen LogP contribution in [0.1, 0.15) is 25.7 Å². The van der Waals surface area contributed by atoms with Crippen LogP contribution >= 0.6 is 0 Å². The monoisotopic (exact) mass is 392 g/mol. The van der Waals surface area contributed by atoms with Gasteiger partial charge < -0.3 is 4.90 Å². The Kier molecular flexibility index (Phi) is 5.05. The van der Waals surface area contributed by atoms with E-state index in [1.807, 2.05) is 0 Å². The number of amides is 2. The van der Waals surface area contributed by atoms with Crippen molar-refractivity contribution in [1.82, 2.24) is 9.21 Å². The van der Waals surface area contributed by atoms with Crippen LogP contribution in [-0.2, 0) is 19.6 Å². The lowest BCUT2D eigenvalue weighted by Gasteiger charge is -2.33. The van der Waals surface area contributed by atoms with Gasteiger partial charge in [-0.3, -0.25) is 9.59 Å². The summed E-state index contributed by atoms with van der Waals surface area (Å²) in [6.45, 7) is 2.35. The highest BCUT2D eigenvalue weighted by molar-refractivity contribution is 7.89. The molecule has 2 aliphatic heterocycles. The van der Waals surface area contributed by atoms with Gasteiger partial charge in [0.2, 0.25) is 21.8 Å². The third kappa shape index (κ3) is 3.41. The van der Waals surface area contributed by atoms with E-state index in [-0.39, 0.29) is 23.7 Å². The molecule has 0 aromatic heterocycles. The first-order valence-electron chi connectivity index (χ1n) is 9.72. The van der Waals surface area contributed by atoms with Crippen molar-refractivity contribution in [2.24, 2.45) is 11.8 Å². The molecule has 3 fully saturated rings. The molecule has 146 valence electrons. The van der Waals surface area contributed by atoms with Gasteiger partial charge in [0.1, 0.15) is 0 Å². The number of likely N-dealkylation sites (tertiary alicyclic amines) is 1. The van der Waals surface area contributed by atoms with Gasteiger partial charge in [0.15, 0.2) is 6.67 Å². The molecule has 0 radical (unpaired) electrons. The number of rotatable bonds is 4. The van der Waals surface area contributed by atoms with Gasteiger partial charge >= 0.3 is 0 Å². The molecular weight excluding hydrogens is 366 g/mol. The van der Waals surface area contributed by atoms with E-state index in [1.165, 1.54) is 9.21 Å². The van der Waals surface area contributed by atoms with E-state index in [4.69, 9.17) is 0 Å². The number of nitrogens with zero attached hydrogens (tertiary/aromatic N) is 2. The predicted molar refractivity (Wildman–Crippen MR) is 98.1 cm³/mol. The molecule has 1 aliphatic carbocycles. The fraction of sp³-hybridized carbons (Fsp3) is 0.579. The summed E-state index contributed by atoms with van der Waals surface area (Å²) in [5, 5.41) is 0. The van der Waals surface area contributed by atoms with Gasteiger partial charge in [-0.05, 0) is 25.0 Å². The fourth-order valence-electron chi connectivity index (χ4n) is 4.55. The standard InChI is InChI=1S/C19H25N3O4S/c23-18-16-8-4-5-9-17(16)19(24)22(18)14-20-10-12-21(13-11-20)27(25,26)15-6-2-1-3-7-15/h1-3,6-7,16-17H,4-5,8-14H2/p+1/t16-,17-/m0/s1. The Morgan fingerprint density at radius 2 is 1.48 bits per heavy atom. The van der Waals surface area contributed by atoms with Gasteiger partial charge in [-0.2, -0.15) is 4.31 Å². The zero-order chi connectivity index (χ0) is 19.0. The van der Waals surface area contributed by atoms with Crippen LogP contribution in [0.2, 0.25) is 0 Å². The Bertz CT molecular complexity index is 795. The van der Waals surface area contributed by atoms with Crippen LogP contribution in [0.3, 0.4) is 0 Å². The minimum atomic E-state index is -3.48. The van der Waals surface area contributed by atoms with Crippen molar-refractivity contribution < 1.29 is 22.9 Å². The normalized spacial score (nSPS) is 27.8. The molecule has 2 amide bonds. The molecular formula is C19H26N3O4S+. The first kappa shape index (κ1) is 18.6. The highest BCUT2D eigenvalue weighted by Gasteiger charge is 2.49. The molecule has 4 rings (SSSR count). The quantitative estimate of drug-likeness (QED) is 0.714. The molecule has 0 spiro atoms. The Labute approximate surface area is 160 Å². The molecule has 8 heteroatoms. The number of quaternary nitrogens is 1. The number of carbonyl (C=O) groups excluding carboxylic acids is 2. The molecule has 0 unspecified atom stereocenters. The van der Waals surface area contributed by atoms with Crippen molar-refractivity contribution in [2.45, 2.75) is 30.6 Å². The van der Waals surface area contributed by atoms with E-state index in [0.29, 0.717) is 37.7 Å². The van der Waals surface area contributed by atoms with Crippen LogP contribution in [0.4, 0.5) is 0 Å². The van der Waals surface area contributed by atoms with Crippen LogP contribution in [0.15, 0.2) is 35.2 Å². The van der Waals surface area contributed by atoms with E-state index < -0.39 is 10.0 Å². The summed E-state index contributed by atoms with van der Waals surface area (Å²) >= 11 is 0. The van der Waals surface area contributed by atoms with Gasteiger partial charge in [-0.15, -0.1) is 0 Å². The number of carbonyl (C=O) groups is 2. The van der Waals surface area contributed by atoms with Gasteiger partial charge in [0.05, 0.1) is 42.9 Å². The zero-order valence-electron chi connectivity index (χ0n) is 15.3. The average molecular weight is 393 g/mol. The fourth-order valence-corrected chi connectivity index (χ4v) is 6.02. The predicted octanol–water partition coefficient (Wildman–Crippen LogP) is -0.291. The van der Waals surface area contributed by atoms with Gasteiger partial charge in [-0.1, -0.05) is 31.0 Å². The van der Waals surface area contributed by atoms with Gasteiger partial charge in [0, 0.05) is 0 Å². The molecule has 0 bridgehead atoms. The van der Waals surface area contributed by atoms with E-state index >= 15 is 0 Å². The second-order valence-electron chi connectivity index (χ2n) is 7.73. The van der Waals surface area contributed by atoms with Crippen molar-refractivity contribution in [3.8, 4) is 0 Å². The van der Waals surface area contributed by atoms with Crippen LogP contribution in [0.25, 0.3) is 0 Å². The molecule has 1 aromatic rings. The minimum Gasteiger partial charge on any atom is -0.315 e. The summed E-state index contributed by atoms with van der Waals surface area (Å²) in [4.78, 5) is 28.1. The number of benzene rings is 1. The lowest BCUT2D eigenvalue weighted by atomic mass is 9.81. The molecule has 27 heavy (non-hydrogen) atoms. The first-order chi connectivity index (χ1) is 13.0. The molecule has 7 nitrogen and oxygen atoms in total. The van der Waals surface area contributed by atoms with E-state index in [2.05, 4.69) is 0 Å². The van der Waals surface area contributed by atoms with Crippen LogP contribution in [0, 0.1) is 11.8 Å². The summed E-state index contributed by atoms with van der Waals surface area (Å²) in [5.74, 6) is -0.274. The second kappa shape index (κ2) is 7.33. The summed E-state index contributed by atoms with van der Waals surface area (Å²) < 4.78 is 26.9. The van der Waals surface area contributed by atoms with Crippen LogP contribution in [0.5, 0.6) is 0 Å². The minimum absolute atomic E-state index is 0.0171. The lowest BCUT2D eigenvalue weighted by molar-refractivity contribution is -0.910. The maximum Gasteiger partial charge on any atom is 0.243 e. The van der Waals surface area contributed by atoms with Crippen molar-refractivity contribution in [2.75, 3.05) is 32.8 Å². The topological polar surface area (TPSA) is 79.2 Å². The van der Waals surface area contributed by atoms with Crippen LogP contribution < -0.4 is 4.90 Å². The average Bonchev–Trinajstić information content (AvgIpc) is 2.94. The number of hydrogen-bond acceptors (Lipinski definition) is 4. The molecule has 3 aliphatic rings. The van der Waals surface area contributed by atoms with Crippen molar-refractivity contribution in [3.63, 3.8) is 0 Å². The third-order valence-electron chi connectivity index (χ3n) is 6.12. The van der Waals surface area contributed by atoms with E-state index in [0.717, 1.165) is 30.6 Å². The highest BCUT2D eigenvalue weighted by Crippen LogP contribution is 2.37. The zero-order valence-corrected chi connectivity index (χ0v) is 16.2. The Morgan fingerprint density at radius 1 is 0.926 bits per heavy atom. The molecule has 1 aromatic carbocycles. The Hall–Kier alpha value is -1.77. The third-order valence-corrected chi connectivity index (χ3v) is 8.04. The van der Waals surface area contributed by atoms with Crippen molar-refractivity contribution in [3.05, 3.63) is 30.3 Å². The van der Waals surface area contributed by atoms with Gasteiger partial charge in [-0.25, -0.2) is 13.3 Å². The number of imide groups is 1. The summed E-state index contributed by atoms with van der Waals surface area (Å²) in [5.41, 5.74) is 0. The van der Waals surface area contributed by atoms with Crippen molar-refractivity contribution in [1.29, 1.82) is 0 Å². The number of sulfonamides is 1. The summed E-state index contributed by atoms with van der Waals surface area (Å²) in [6, 6.07) is 8.45. The molecule has 2 heterocycles. The number of nitrogens with one attached hydrogen (secondary N) is 1. The lowest BCUT2D eigenvalue weighted by Crippen LogP contribution is -3.16. The number of piperazine rings is 1. The largest absolute Gasteiger partial charge is 0.315 e. The summed E-state index contributed by atoms with van der Waals surface area (Å²) in [7, 11) is -3.48. The van der Waals surface area contributed by atoms with E-state index in [1.54, 1.807) is 30.3 Å². The number of fused-ring (bicyclic) bond motifs is 1. The Balaban J connectivity index is 1.37. The number of hydrogen-bond donors (Lipinski definition) is 1. The molecule has 2 saturated heterocycles. The second-order valence-corrected chi connectivity index (χ2v) is 9.67. The maximum absolute atomic E-state index is 12.7. The maximum atomic E-state index is 12.7. The highest BCUT2D eigenvalue weighted by atomic mass is 32.2. The summed E-state index contributed by atoms with van der Waals surface area (Å²) in [6.07, 6.45) is 3.70. The molecule has 2 atom stereocenters. The van der Waals surface area contributed by atoms with Crippen molar-refractivity contribution >= 4 is 21.8 Å². The SMILES string of the molecule is O=C1[C@H]2CCCC[C@@H]2C(=O)N1C[NH+]1CCN(S(=O)(=O)c2ccccc2)CC1. The van der Waals surface area contributed by atoms with E-state index in [9.17, 15) is 18.0 Å². The smallest absolute Gasteiger partial charge is 0.243 e.